The predicted molar refractivity (Wildman–Crippen MR) is 17.4 cm³/mol. The molecule has 0 bridgehead atoms. The summed E-state index contributed by atoms with van der Waals surface area (Å²) in [6.45, 7) is 0. The summed E-state index contributed by atoms with van der Waals surface area (Å²) in [5, 5.41) is 0. The average molecular weight is 247 g/mol. The second-order valence-corrected chi connectivity index (χ2v) is 0. The van der Waals surface area contributed by atoms with Gasteiger partial charge in [0.15, 0.2) is 0 Å². The molecule has 0 rings (SSSR count). The van der Waals surface area contributed by atoms with E-state index in [9.17, 15) is 0 Å². The molecule has 8 heteroatoms. The van der Waals surface area contributed by atoms with Crippen LogP contribution in [0.3, 0.4) is 0 Å². The van der Waals surface area contributed by atoms with Crippen molar-refractivity contribution in [2.75, 3.05) is 0 Å². The molecule has 0 fully saturated rings. The van der Waals surface area contributed by atoms with Crippen LogP contribution >= 0.6 is 0 Å². The molecule has 0 aromatic rings. The molecule has 0 heterocycles. The minimum atomic E-state index is 0. The normalized spacial score (nSPS) is 0. The Balaban J connectivity index is 0. The van der Waals surface area contributed by atoms with Gasteiger partial charge in [-0.3, -0.25) is 0 Å². The van der Waals surface area contributed by atoms with Crippen molar-refractivity contribution in [2.45, 2.75) is 0 Å². The standard InChI is InChI=1S/Na.6H2O.Sb/h;6*1H2;/q+1;;;;;;;+5/p-6. The molecule has 6 nitrogen and oxygen atoms in total. The first-order valence-corrected chi connectivity index (χ1v) is 0. The summed E-state index contributed by atoms with van der Waals surface area (Å²) in [5.74, 6) is 0. The molecular formula is H6NaO6Sb. The summed E-state index contributed by atoms with van der Waals surface area (Å²) in [6.07, 6.45) is 0. The van der Waals surface area contributed by atoms with Gasteiger partial charge >= 0.3 is 54.0 Å². The minimum Gasteiger partial charge on any atom is -0.870 e. The molecule has 0 spiro atoms. The van der Waals surface area contributed by atoms with Crippen LogP contribution in [-0.4, -0.2) is 57.3 Å². The molecule has 0 aliphatic carbocycles. The molecule has 0 saturated carbocycles. The molecule has 0 radical (unpaired) electrons. The zero-order valence-electron chi connectivity index (χ0n) is 4.13. The third-order valence-electron chi connectivity index (χ3n) is 0. The van der Waals surface area contributed by atoms with Crippen molar-refractivity contribution in [3.05, 3.63) is 0 Å². The molecule has 0 amide bonds. The van der Waals surface area contributed by atoms with Crippen molar-refractivity contribution in [1.82, 2.24) is 0 Å². The van der Waals surface area contributed by atoms with Crippen LogP contribution in [0.1, 0.15) is 0 Å². The Morgan fingerprint density at radius 1 is 0.375 bits per heavy atom. The van der Waals surface area contributed by atoms with Crippen LogP contribution in [0.5, 0.6) is 0 Å². The van der Waals surface area contributed by atoms with Crippen molar-refractivity contribution < 1.29 is 62.4 Å². The maximum atomic E-state index is 0. The maximum absolute atomic E-state index is 0. The summed E-state index contributed by atoms with van der Waals surface area (Å²) in [4.78, 5) is 0. The van der Waals surface area contributed by atoms with Gasteiger partial charge in [-0.05, 0) is 0 Å². The predicted octanol–water partition coefficient (Wildman–Crippen LogP) is -4.44. The smallest absolute Gasteiger partial charge is 0.870 e. The Hall–Kier alpha value is 1.58. The first-order chi connectivity index (χ1) is 0. The Kier molecular flexibility index (Phi) is 7000. The van der Waals surface area contributed by atoms with Crippen LogP contribution < -0.4 is 29.6 Å². The summed E-state index contributed by atoms with van der Waals surface area (Å²) in [6, 6.07) is 0. The first kappa shape index (κ1) is 283. The molecule has 0 unspecified atom stereocenters. The molecule has 0 atom stereocenters. The van der Waals surface area contributed by atoms with E-state index in [-0.39, 0.29) is 86.8 Å². The van der Waals surface area contributed by atoms with Gasteiger partial charge < -0.3 is 32.9 Å². The van der Waals surface area contributed by atoms with Crippen molar-refractivity contribution >= 4 is 24.4 Å². The largest absolute Gasteiger partial charge is 5.00 e. The summed E-state index contributed by atoms with van der Waals surface area (Å²) in [7, 11) is 0. The SMILES string of the molecule is [Na+].[OH-].[OH-].[OH-].[OH-].[OH-].[OH-].[Sb+5]. The van der Waals surface area contributed by atoms with E-state index in [2.05, 4.69) is 0 Å². The van der Waals surface area contributed by atoms with Crippen LogP contribution in [0.25, 0.3) is 0 Å². The third-order valence-corrected chi connectivity index (χ3v) is 0. The first-order valence-electron chi connectivity index (χ1n) is 0. The fourth-order valence-electron chi connectivity index (χ4n) is 0. The monoisotopic (exact) mass is 246 g/mol. The summed E-state index contributed by atoms with van der Waals surface area (Å²) in [5.41, 5.74) is 0. The molecule has 0 aliphatic rings. The molecule has 0 saturated heterocycles. The number of hydrogen-bond donors (Lipinski definition) is 0. The van der Waals surface area contributed by atoms with Gasteiger partial charge in [0.1, 0.15) is 0 Å². The topological polar surface area (TPSA) is 180 Å². The molecule has 48 valence electrons. The summed E-state index contributed by atoms with van der Waals surface area (Å²) < 4.78 is 0. The molecule has 0 aromatic carbocycles. The molecular weight excluding hydrogens is 241 g/mol. The van der Waals surface area contributed by atoms with E-state index >= 15 is 0 Å². The Morgan fingerprint density at radius 2 is 0.375 bits per heavy atom. The quantitative estimate of drug-likeness (QED) is 0.389. The van der Waals surface area contributed by atoms with Crippen LogP contribution in [0.15, 0.2) is 0 Å². The average Bonchev–Trinajstić information content (AvgIpc) is 0. The van der Waals surface area contributed by atoms with Crippen LogP contribution in [0.2, 0.25) is 0 Å². The van der Waals surface area contributed by atoms with E-state index in [0.717, 1.165) is 0 Å². The van der Waals surface area contributed by atoms with Crippen molar-refractivity contribution in [3.63, 3.8) is 0 Å². The van der Waals surface area contributed by atoms with Gasteiger partial charge in [0.25, 0.3) is 0 Å². The van der Waals surface area contributed by atoms with Crippen molar-refractivity contribution in [2.24, 2.45) is 0 Å². The van der Waals surface area contributed by atoms with E-state index in [1.807, 2.05) is 0 Å². The minimum absolute atomic E-state index is 0. The van der Waals surface area contributed by atoms with Crippen molar-refractivity contribution in [1.29, 1.82) is 0 Å². The fraction of sp³-hybridized carbons (Fsp3) is 0. The van der Waals surface area contributed by atoms with E-state index < -0.39 is 0 Å². The van der Waals surface area contributed by atoms with Crippen LogP contribution in [0, 0.1) is 0 Å². The van der Waals surface area contributed by atoms with Gasteiger partial charge in [-0.25, -0.2) is 0 Å². The van der Waals surface area contributed by atoms with Crippen molar-refractivity contribution in [3.8, 4) is 0 Å². The Morgan fingerprint density at radius 3 is 0.375 bits per heavy atom. The van der Waals surface area contributed by atoms with Crippen LogP contribution in [0.4, 0.5) is 0 Å². The Bertz CT molecular complexity index is 8.49. The van der Waals surface area contributed by atoms with Gasteiger partial charge in [0.05, 0.1) is 0 Å². The Labute approximate surface area is 86.2 Å². The molecule has 0 aliphatic heterocycles. The van der Waals surface area contributed by atoms with Gasteiger partial charge in [-0.2, -0.15) is 0 Å². The van der Waals surface area contributed by atoms with Crippen LogP contribution in [-0.2, 0) is 0 Å². The van der Waals surface area contributed by atoms with E-state index in [4.69, 9.17) is 0 Å². The number of rotatable bonds is 0. The van der Waals surface area contributed by atoms with Gasteiger partial charge in [0, 0.05) is 0 Å². The fourth-order valence-corrected chi connectivity index (χ4v) is 0. The second-order valence-electron chi connectivity index (χ2n) is 0. The zero-order valence-corrected chi connectivity index (χ0v) is 8.68. The number of hydrogen-bond acceptors (Lipinski definition) is 6. The maximum Gasteiger partial charge on any atom is 5.00 e. The third kappa shape index (κ3) is 132. The molecule has 8 heavy (non-hydrogen) atoms. The second kappa shape index (κ2) is 198. The van der Waals surface area contributed by atoms with Gasteiger partial charge in [0.2, 0.25) is 0 Å². The van der Waals surface area contributed by atoms with E-state index in [1.54, 1.807) is 0 Å². The van der Waals surface area contributed by atoms with Gasteiger partial charge in [-0.15, -0.1) is 0 Å². The molecule has 6 N–H and O–H groups in total. The van der Waals surface area contributed by atoms with Gasteiger partial charge in [-0.1, -0.05) is 0 Å². The van der Waals surface area contributed by atoms with E-state index in [0.29, 0.717) is 0 Å². The zero-order chi connectivity index (χ0) is 0. The molecule has 0 aromatic heterocycles. The van der Waals surface area contributed by atoms with E-state index in [1.165, 1.54) is 0 Å². The summed E-state index contributed by atoms with van der Waals surface area (Å²) >= 11 is 0.